The third kappa shape index (κ3) is 5.52. The number of oxazole rings is 1. The lowest BCUT2D eigenvalue weighted by Gasteiger charge is -2.22. The van der Waals surface area contributed by atoms with E-state index in [1.807, 2.05) is 60.7 Å². The topological polar surface area (TPSA) is 69.4 Å². The van der Waals surface area contributed by atoms with Gasteiger partial charge < -0.3 is 8.60 Å². The summed E-state index contributed by atoms with van der Waals surface area (Å²) >= 11 is 0. The van der Waals surface area contributed by atoms with Gasteiger partial charge in [-0.05, 0) is 49.3 Å². The highest BCUT2D eigenvalue weighted by Gasteiger charge is 2.48. The summed E-state index contributed by atoms with van der Waals surface area (Å²) in [4.78, 5) is 4.92. The molecule has 0 saturated carbocycles. The molecule has 5 rings (SSSR count). The van der Waals surface area contributed by atoms with Crippen molar-refractivity contribution in [2.24, 2.45) is 5.92 Å². The Bertz CT molecular complexity index is 1470. The van der Waals surface area contributed by atoms with Crippen molar-refractivity contribution in [1.82, 2.24) is 4.98 Å². The molecular weight excluding hydrogens is 515 g/mol. The van der Waals surface area contributed by atoms with Crippen molar-refractivity contribution in [2.45, 2.75) is 31.2 Å². The zero-order valence-corrected chi connectivity index (χ0v) is 21.0. The molecule has 0 bridgehead atoms. The SMILES string of the molecule is O=S(=O)(Oc1ccc(CC2CCCC=C2c2nc(-c3ccccc3)c(-c3ccccc3)o2)cc1)C(F)(F)F. The Morgan fingerprint density at radius 1 is 0.895 bits per heavy atom. The molecule has 0 N–H and O–H groups in total. The van der Waals surface area contributed by atoms with Crippen LogP contribution in [0.4, 0.5) is 13.2 Å². The molecule has 0 radical (unpaired) electrons. The highest BCUT2D eigenvalue weighted by Crippen LogP contribution is 2.40. The second kappa shape index (κ2) is 10.5. The summed E-state index contributed by atoms with van der Waals surface area (Å²) in [6.07, 6.45) is 5.48. The molecule has 0 aliphatic heterocycles. The quantitative estimate of drug-likeness (QED) is 0.178. The molecule has 0 spiro atoms. The zero-order chi connectivity index (χ0) is 26.8. The van der Waals surface area contributed by atoms with Gasteiger partial charge in [0.25, 0.3) is 0 Å². The van der Waals surface area contributed by atoms with Crippen molar-refractivity contribution < 1.29 is 30.2 Å². The van der Waals surface area contributed by atoms with Crippen LogP contribution in [0.25, 0.3) is 28.2 Å². The lowest BCUT2D eigenvalue weighted by Crippen LogP contribution is -2.28. The summed E-state index contributed by atoms with van der Waals surface area (Å²) in [6.45, 7) is 0. The van der Waals surface area contributed by atoms with E-state index >= 15 is 0 Å². The van der Waals surface area contributed by atoms with E-state index < -0.39 is 21.4 Å². The van der Waals surface area contributed by atoms with Crippen LogP contribution in [0.2, 0.25) is 0 Å². The van der Waals surface area contributed by atoms with Crippen molar-refractivity contribution >= 4 is 15.7 Å². The Labute approximate surface area is 218 Å². The number of aromatic nitrogens is 1. The number of alkyl halides is 3. The van der Waals surface area contributed by atoms with Gasteiger partial charge in [-0.25, -0.2) is 4.98 Å². The van der Waals surface area contributed by atoms with Crippen LogP contribution in [0.5, 0.6) is 5.75 Å². The Morgan fingerprint density at radius 2 is 1.53 bits per heavy atom. The normalized spacial score (nSPS) is 16.2. The fraction of sp³-hybridized carbons (Fsp3) is 0.207. The van der Waals surface area contributed by atoms with Crippen molar-refractivity contribution in [3.8, 4) is 28.3 Å². The van der Waals surface area contributed by atoms with Crippen LogP contribution in [-0.2, 0) is 16.5 Å². The van der Waals surface area contributed by atoms with Gasteiger partial charge in [0, 0.05) is 16.7 Å². The third-order valence-electron chi connectivity index (χ3n) is 6.41. The summed E-state index contributed by atoms with van der Waals surface area (Å²) < 4.78 is 71.1. The average Bonchev–Trinajstić information content (AvgIpc) is 3.36. The summed E-state index contributed by atoms with van der Waals surface area (Å²) in [5, 5.41) is 0. The molecule has 1 aromatic heterocycles. The van der Waals surface area contributed by atoms with Gasteiger partial charge in [0.2, 0.25) is 5.89 Å². The van der Waals surface area contributed by atoms with E-state index in [1.54, 1.807) is 12.1 Å². The average molecular weight is 540 g/mol. The maximum Gasteiger partial charge on any atom is 0.534 e. The van der Waals surface area contributed by atoms with Gasteiger partial charge in [-0.3, -0.25) is 0 Å². The molecule has 196 valence electrons. The van der Waals surface area contributed by atoms with E-state index in [9.17, 15) is 21.6 Å². The van der Waals surface area contributed by atoms with E-state index in [4.69, 9.17) is 9.40 Å². The number of hydrogen-bond acceptors (Lipinski definition) is 5. The largest absolute Gasteiger partial charge is 0.534 e. The summed E-state index contributed by atoms with van der Waals surface area (Å²) in [6, 6.07) is 25.2. The molecule has 5 nitrogen and oxygen atoms in total. The Balaban J connectivity index is 1.42. The third-order valence-corrected chi connectivity index (χ3v) is 7.39. The fourth-order valence-corrected chi connectivity index (χ4v) is 5.04. The minimum atomic E-state index is -5.71. The number of rotatable bonds is 7. The van der Waals surface area contributed by atoms with Crippen molar-refractivity contribution in [2.75, 3.05) is 0 Å². The number of hydrogen-bond donors (Lipinski definition) is 0. The van der Waals surface area contributed by atoms with Crippen molar-refractivity contribution in [3.63, 3.8) is 0 Å². The van der Waals surface area contributed by atoms with Gasteiger partial charge in [-0.15, -0.1) is 0 Å². The first-order valence-electron chi connectivity index (χ1n) is 12.1. The van der Waals surface area contributed by atoms with Gasteiger partial charge in [-0.2, -0.15) is 21.6 Å². The molecule has 38 heavy (non-hydrogen) atoms. The number of nitrogens with zero attached hydrogens (tertiary/aromatic N) is 1. The molecule has 1 atom stereocenters. The first-order valence-corrected chi connectivity index (χ1v) is 13.5. The standard InChI is InChI=1S/C29H24F3NO4S/c30-29(31,32)38(34,35)37-24-17-15-20(16-18-24)19-23-13-7-8-14-25(23)28-33-26(21-9-3-1-4-10-21)27(36-28)22-11-5-2-6-12-22/h1-6,9-12,14-18,23H,7-8,13,19H2. The molecule has 1 unspecified atom stereocenters. The first-order chi connectivity index (χ1) is 18.2. The van der Waals surface area contributed by atoms with Gasteiger partial charge in [0.1, 0.15) is 11.4 Å². The molecule has 0 amide bonds. The minimum Gasteiger partial charge on any atom is -0.436 e. The number of halogens is 3. The van der Waals surface area contributed by atoms with Gasteiger partial charge in [-0.1, -0.05) is 78.9 Å². The van der Waals surface area contributed by atoms with Crippen LogP contribution < -0.4 is 4.18 Å². The van der Waals surface area contributed by atoms with E-state index in [1.165, 1.54) is 12.1 Å². The first kappa shape index (κ1) is 25.8. The van der Waals surface area contributed by atoms with E-state index in [0.717, 1.165) is 47.2 Å². The van der Waals surface area contributed by atoms with Gasteiger partial charge >= 0.3 is 15.6 Å². The van der Waals surface area contributed by atoms with Crippen LogP contribution in [0, 0.1) is 5.92 Å². The molecule has 1 heterocycles. The molecule has 3 aromatic carbocycles. The van der Waals surface area contributed by atoms with Crippen LogP contribution in [-0.4, -0.2) is 18.9 Å². The van der Waals surface area contributed by atoms with Crippen LogP contribution in [0.3, 0.4) is 0 Å². The number of benzene rings is 3. The second-order valence-corrected chi connectivity index (χ2v) is 10.6. The molecule has 4 aromatic rings. The van der Waals surface area contributed by atoms with Crippen LogP contribution >= 0.6 is 0 Å². The van der Waals surface area contributed by atoms with Crippen molar-refractivity contribution in [3.05, 3.63) is 102 Å². The molecular formula is C29H24F3NO4S. The van der Waals surface area contributed by atoms with E-state index in [-0.39, 0.29) is 5.92 Å². The Hall–Kier alpha value is -3.85. The van der Waals surface area contributed by atoms with Gasteiger partial charge in [0.15, 0.2) is 5.76 Å². The Kier molecular flexibility index (Phi) is 7.12. The van der Waals surface area contributed by atoms with E-state index in [0.29, 0.717) is 18.1 Å². The monoisotopic (exact) mass is 539 g/mol. The van der Waals surface area contributed by atoms with Crippen molar-refractivity contribution in [1.29, 1.82) is 0 Å². The molecule has 9 heteroatoms. The minimum absolute atomic E-state index is 0.0697. The Morgan fingerprint density at radius 3 is 2.16 bits per heavy atom. The predicted octanol–water partition coefficient (Wildman–Crippen LogP) is 7.66. The lowest BCUT2D eigenvalue weighted by molar-refractivity contribution is -0.0500. The number of allylic oxidation sites excluding steroid dienone is 2. The molecule has 0 saturated heterocycles. The summed E-state index contributed by atoms with van der Waals surface area (Å²) in [5.41, 5.74) is -1.06. The maximum absolute atomic E-state index is 12.6. The molecule has 0 fully saturated rings. The highest BCUT2D eigenvalue weighted by molar-refractivity contribution is 7.88. The van der Waals surface area contributed by atoms with Crippen LogP contribution in [0.1, 0.15) is 30.7 Å². The van der Waals surface area contributed by atoms with Gasteiger partial charge in [0.05, 0.1) is 0 Å². The fourth-order valence-electron chi connectivity index (χ4n) is 4.58. The predicted molar refractivity (Wildman–Crippen MR) is 138 cm³/mol. The smallest absolute Gasteiger partial charge is 0.436 e. The molecule has 1 aliphatic carbocycles. The summed E-state index contributed by atoms with van der Waals surface area (Å²) in [7, 11) is -5.71. The van der Waals surface area contributed by atoms with Crippen LogP contribution in [0.15, 0.2) is 95.4 Å². The maximum atomic E-state index is 12.6. The second-order valence-electron chi connectivity index (χ2n) is 9.05. The molecule has 1 aliphatic rings. The highest BCUT2D eigenvalue weighted by atomic mass is 32.2. The lowest BCUT2D eigenvalue weighted by atomic mass is 9.83. The van der Waals surface area contributed by atoms with E-state index in [2.05, 4.69) is 10.3 Å². The zero-order valence-electron chi connectivity index (χ0n) is 20.2. The summed E-state index contributed by atoms with van der Waals surface area (Å²) in [5.74, 6) is 0.909.